The highest BCUT2D eigenvalue weighted by atomic mass is 35.5. The van der Waals surface area contributed by atoms with Crippen LogP contribution in [-0.2, 0) is 15.6 Å². The average Bonchev–Trinajstić information content (AvgIpc) is 2.42. The third kappa shape index (κ3) is 5.61. The first-order chi connectivity index (χ1) is 9.94. The Bertz CT molecular complexity index is 508. The van der Waals surface area contributed by atoms with Gasteiger partial charge >= 0.3 is 0 Å². The highest BCUT2D eigenvalue weighted by molar-refractivity contribution is 7.91. The van der Waals surface area contributed by atoms with Gasteiger partial charge in [0.05, 0.1) is 11.0 Å². The predicted octanol–water partition coefficient (Wildman–Crippen LogP) is 3.81. The van der Waals surface area contributed by atoms with E-state index in [0.717, 1.165) is 24.9 Å². The third-order valence-corrected chi connectivity index (χ3v) is 6.23. The van der Waals surface area contributed by atoms with E-state index in [9.17, 15) is 8.42 Å². The minimum atomic E-state index is -3.19. The molecule has 0 heterocycles. The van der Waals surface area contributed by atoms with Crippen LogP contribution < -0.4 is 5.32 Å². The van der Waals surface area contributed by atoms with Crippen molar-refractivity contribution in [1.29, 1.82) is 0 Å². The van der Waals surface area contributed by atoms with E-state index >= 15 is 0 Å². The molecular weight excluding hydrogens is 306 g/mol. The number of nitrogens with one attached hydrogen (secondary N) is 1. The quantitative estimate of drug-likeness (QED) is 0.748. The molecule has 0 aliphatic heterocycles. The van der Waals surface area contributed by atoms with Crippen molar-refractivity contribution in [2.24, 2.45) is 0 Å². The molecule has 1 aromatic carbocycles. The van der Waals surface area contributed by atoms with Gasteiger partial charge in [0.2, 0.25) is 0 Å². The number of sulfone groups is 1. The van der Waals surface area contributed by atoms with Crippen LogP contribution in [0.25, 0.3) is 0 Å². The van der Waals surface area contributed by atoms with Crippen LogP contribution in [0.2, 0.25) is 5.02 Å². The summed E-state index contributed by atoms with van der Waals surface area (Å²) in [4.78, 5) is 0. The van der Waals surface area contributed by atoms with Crippen LogP contribution >= 0.6 is 11.6 Å². The second-order valence-electron chi connectivity index (χ2n) is 5.33. The van der Waals surface area contributed by atoms with E-state index < -0.39 is 9.84 Å². The van der Waals surface area contributed by atoms with E-state index in [2.05, 4.69) is 12.2 Å². The highest BCUT2D eigenvalue weighted by Gasteiger charge is 2.31. The van der Waals surface area contributed by atoms with Crippen molar-refractivity contribution >= 4 is 21.4 Å². The molecular formula is C16H26ClNO2S. The molecule has 1 aromatic rings. The molecule has 0 aliphatic rings. The standard InChI is InChI=1S/C16H26ClNO2S/c1-4-7-15(18-6-3)16(5-2)21(19,20)12-13-8-10-14(17)11-9-13/h8-11,15-16,18H,4-7,12H2,1-3H3. The number of rotatable bonds is 9. The molecule has 5 heteroatoms. The monoisotopic (exact) mass is 331 g/mol. The Kier molecular flexibility index (Phi) is 7.71. The molecule has 120 valence electrons. The summed E-state index contributed by atoms with van der Waals surface area (Å²) >= 11 is 5.85. The third-order valence-electron chi connectivity index (χ3n) is 3.66. The normalized spacial score (nSPS) is 14.9. The maximum absolute atomic E-state index is 12.7. The Hall–Kier alpha value is -0.580. The summed E-state index contributed by atoms with van der Waals surface area (Å²) in [6.45, 7) is 6.84. The molecule has 0 amide bonds. The largest absolute Gasteiger partial charge is 0.313 e. The number of hydrogen-bond donors (Lipinski definition) is 1. The summed E-state index contributed by atoms with van der Waals surface area (Å²) < 4.78 is 25.5. The van der Waals surface area contributed by atoms with Crippen molar-refractivity contribution in [3.63, 3.8) is 0 Å². The second kappa shape index (κ2) is 8.76. The fourth-order valence-corrected chi connectivity index (χ4v) is 4.94. The molecule has 0 saturated carbocycles. The van der Waals surface area contributed by atoms with Gasteiger partial charge in [-0.05, 0) is 37.1 Å². The summed E-state index contributed by atoms with van der Waals surface area (Å²) in [5, 5.41) is 3.62. The van der Waals surface area contributed by atoms with Crippen molar-refractivity contribution in [3.05, 3.63) is 34.9 Å². The van der Waals surface area contributed by atoms with Crippen LogP contribution in [0.4, 0.5) is 0 Å². The first-order valence-corrected chi connectivity index (χ1v) is 9.73. The van der Waals surface area contributed by atoms with Gasteiger partial charge in [-0.15, -0.1) is 0 Å². The topological polar surface area (TPSA) is 46.2 Å². The molecule has 3 nitrogen and oxygen atoms in total. The zero-order valence-corrected chi connectivity index (χ0v) is 14.7. The molecule has 0 saturated heterocycles. The molecule has 0 aliphatic carbocycles. The zero-order chi connectivity index (χ0) is 15.9. The molecule has 21 heavy (non-hydrogen) atoms. The molecule has 0 fully saturated rings. The maximum atomic E-state index is 12.7. The van der Waals surface area contributed by atoms with E-state index in [-0.39, 0.29) is 17.0 Å². The van der Waals surface area contributed by atoms with Gasteiger partial charge in [-0.25, -0.2) is 8.42 Å². The van der Waals surface area contributed by atoms with Crippen molar-refractivity contribution < 1.29 is 8.42 Å². The van der Waals surface area contributed by atoms with Crippen LogP contribution in [0.5, 0.6) is 0 Å². The molecule has 0 aromatic heterocycles. The van der Waals surface area contributed by atoms with Crippen LogP contribution in [0.15, 0.2) is 24.3 Å². The Morgan fingerprint density at radius 1 is 1.14 bits per heavy atom. The minimum Gasteiger partial charge on any atom is -0.313 e. The summed E-state index contributed by atoms with van der Waals surface area (Å²) in [6.07, 6.45) is 2.49. The highest BCUT2D eigenvalue weighted by Crippen LogP contribution is 2.20. The summed E-state index contributed by atoms with van der Waals surface area (Å²) in [6, 6.07) is 7.08. The van der Waals surface area contributed by atoms with Gasteiger partial charge in [0.25, 0.3) is 0 Å². The Morgan fingerprint density at radius 2 is 1.76 bits per heavy atom. The van der Waals surface area contributed by atoms with Crippen LogP contribution in [0.1, 0.15) is 45.6 Å². The smallest absolute Gasteiger partial charge is 0.158 e. The van der Waals surface area contributed by atoms with Gasteiger partial charge in [-0.3, -0.25) is 0 Å². The Balaban J connectivity index is 2.92. The van der Waals surface area contributed by atoms with Crippen molar-refractivity contribution in [1.82, 2.24) is 5.32 Å². The van der Waals surface area contributed by atoms with Gasteiger partial charge in [0.15, 0.2) is 9.84 Å². The van der Waals surface area contributed by atoms with Gasteiger partial charge in [0.1, 0.15) is 0 Å². The SMILES string of the molecule is CCCC(NCC)C(CC)S(=O)(=O)Cc1ccc(Cl)cc1. The Morgan fingerprint density at radius 3 is 2.24 bits per heavy atom. The molecule has 1 N–H and O–H groups in total. The first kappa shape index (κ1) is 18.5. The van der Waals surface area contributed by atoms with Gasteiger partial charge < -0.3 is 5.32 Å². The number of benzene rings is 1. The maximum Gasteiger partial charge on any atom is 0.158 e. The summed E-state index contributed by atoms with van der Waals surface area (Å²) in [5.74, 6) is 0.0777. The van der Waals surface area contributed by atoms with Gasteiger partial charge in [-0.1, -0.05) is 50.9 Å². The predicted molar refractivity (Wildman–Crippen MR) is 90.5 cm³/mol. The Labute approximate surface area is 134 Å². The number of hydrogen-bond acceptors (Lipinski definition) is 3. The van der Waals surface area contributed by atoms with E-state index in [1.165, 1.54) is 0 Å². The molecule has 1 rings (SSSR count). The fraction of sp³-hybridized carbons (Fsp3) is 0.625. The van der Waals surface area contributed by atoms with Crippen LogP contribution in [0.3, 0.4) is 0 Å². The lowest BCUT2D eigenvalue weighted by Gasteiger charge is -2.26. The summed E-state index contributed by atoms with van der Waals surface area (Å²) in [5.41, 5.74) is 0.796. The minimum absolute atomic E-state index is 0.0299. The second-order valence-corrected chi connectivity index (χ2v) is 7.99. The fourth-order valence-electron chi connectivity index (χ4n) is 2.70. The van der Waals surface area contributed by atoms with E-state index in [4.69, 9.17) is 11.6 Å². The van der Waals surface area contributed by atoms with Crippen molar-refractivity contribution in [2.75, 3.05) is 6.54 Å². The van der Waals surface area contributed by atoms with Gasteiger partial charge in [0, 0.05) is 11.1 Å². The molecule has 0 radical (unpaired) electrons. The lowest BCUT2D eigenvalue weighted by atomic mass is 10.1. The van der Waals surface area contributed by atoms with E-state index in [0.29, 0.717) is 11.4 Å². The van der Waals surface area contributed by atoms with Crippen molar-refractivity contribution in [3.8, 4) is 0 Å². The van der Waals surface area contributed by atoms with Crippen LogP contribution in [-0.4, -0.2) is 26.3 Å². The van der Waals surface area contributed by atoms with Crippen molar-refractivity contribution in [2.45, 2.75) is 57.1 Å². The average molecular weight is 332 g/mol. The lowest BCUT2D eigenvalue weighted by Crippen LogP contribution is -2.44. The van der Waals surface area contributed by atoms with E-state index in [1.54, 1.807) is 24.3 Å². The van der Waals surface area contributed by atoms with E-state index in [1.807, 2.05) is 13.8 Å². The first-order valence-electron chi connectivity index (χ1n) is 7.63. The van der Waals surface area contributed by atoms with Gasteiger partial charge in [-0.2, -0.15) is 0 Å². The molecule has 0 bridgehead atoms. The van der Waals surface area contributed by atoms with Crippen LogP contribution in [0, 0.1) is 0 Å². The summed E-state index contributed by atoms with van der Waals surface area (Å²) in [7, 11) is -3.19. The molecule has 2 atom stereocenters. The molecule has 0 spiro atoms. The lowest BCUT2D eigenvalue weighted by molar-refractivity contribution is 0.445. The zero-order valence-electron chi connectivity index (χ0n) is 13.1. The number of halogens is 1. The molecule has 2 unspecified atom stereocenters.